The predicted molar refractivity (Wildman–Crippen MR) is 101 cm³/mol. The summed E-state index contributed by atoms with van der Waals surface area (Å²) >= 11 is 6.13. The normalized spacial score (nSPS) is 12.5. The van der Waals surface area contributed by atoms with Crippen molar-refractivity contribution in [1.82, 2.24) is 14.9 Å². The Morgan fingerprint density at radius 3 is 2.50 bits per heavy atom. The lowest BCUT2D eigenvalue weighted by Crippen LogP contribution is -2.40. The molecule has 1 rings (SSSR count). The molecular weight excluding hydrogens is 348 g/mol. The van der Waals surface area contributed by atoms with E-state index in [0.717, 1.165) is 17.0 Å². The highest BCUT2D eigenvalue weighted by atomic mass is 35.5. The minimum absolute atomic E-state index is 0.490. The van der Waals surface area contributed by atoms with Crippen LogP contribution in [0.4, 0.5) is 0 Å². The van der Waals surface area contributed by atoms with E-state index in [-0.39, 0.29) is 0 Å². The first-order chi connectivity index (χ1) is 11.4. The van der Waals surface area contributed by atoms with Gasteiger partial charge in [0, 0.05) is 38.2 Å². The number of rotatable bonds is 9. The number of benzene rings is 1. The maximum Gasteiger partial charge on any atom is 0.211 e. The Hall–Kier alpha value is -1.31. The summed E-state index contributed by atoms with van der Waals surface area (Å²) in [5, 5.41) is 7.18. The second kappa shape index (κ2) is 10.5. The summed E-state index contributed by atoms with van der Waals surface area (Å²) in [4.78, 5) is 4.16. The van der Waals surface area contributed by atoms with Gasteiger partial charge in [0.1, 0.15) is 0 Å². The molecule has 2 N–H and O–H groups in total. The van der Waals surface area contributed by atoms with Crippen LogP contribution in [0.5, 0.6) is 0 Å². The van der Waals surface area contributed by atoms with Gasteiger partial charge in [-0.2, -0.15) is 0 Å². The molecule has 0 aliphatic carbocycles. The monoisotopic (exact) mass is 374 g/mol. The third-order valence-corrected chi connectivity index (χ3v) is 5.31. The van der Waals surface area contributed by atoms with Gasteiger partial charge in [0.2, 0.25) is 10.0 Å². The van der Waals surface area contributed by atoms with Crippen molar-refractivity contribution in [2.45, 2.75) is 19.8 Å². The predicted octanol–water partition coefficient (Wildman–Crippen LogP) is 1.72. The molecule has 0 amide bonds. The van der Waals surface area contributed by atoms with Crippen LogP contribution in [0.1, 0.15) is 18.9 Å². The van der Waals surface area contributed by atoms with Crippen LogP contribution in [0, 0.1) is 0 Å². The second-order valence-electron chi connectivity index (χ2n) is 5.38. The van der Waals surface area contributed by atoms with Crippen LogP contribution < -0.4 is 10.6 Å². The van der Waals surface area contributed by atoms with Crippen molar-refractivity contribution in [1.29, 1.82) is 0 Å². The molecule has 0 aromatic heterocycles. The second-order valence-corrected chi connectivity index (χ2v) is 7.77. The number of nitrogens with zero attached hydrogens (tertiary/aromatic N) is 2. The van der Waals surface area contributed by atoms with Gasteiger partial charge in [-0.1, -0.05) is 36.7 Å². The standard InChI is InChI=1S/C16H27ClN4O2S/c1-4-21(24(3,22)23)13-7-11-19-16(18-2)20-12-10-14-8-5-6-9-15(14)17/h5-6,8-9H,4,7,10-13H2,1-3H3,(H2,18,19,20). The number of sulfonamides is 1. The zero-order valence-electron chi connectivity index (χ0n) is 14.5. The number of hydrogen-bond donors (Lipinski definition) is 2. The average Bonchev–Trinajstić information content (AvgIpc) is 2.53. The summed E-state index contributed by atoms with van der Waals surface area (Å²) in [6, 6.07) is 7.77. The minimum atomic E-state index is -3.12. The van der Waals surface area contributed by atoms with E-state index in [1.54, 1.807) is 7.05 Å². The molecule has 1 aromatic rings. The van der Waals surface area contributed by atoms with Gasteiger partial charge >= 0.3 is 0 Å². The van der Waals surface area contributed by atoms with Gasteiger partial charge in [0.15, 0.2) is 5.96 Å². The molecule has 1 aromatic carbocycles. The highest BCUT2D eigenvalue weighted by Crippen LogP contribution is 2.14. The van der Waals surface area contributed by atoms with E-state index in [1.165, 1.54) is 10.6 Å². The molecular formula is C16H27ClN4O2S. The first kappa shape index (κ1) is 20.7. The lowest BCUT2D eigenvalue weighted by atomic mass is 10.1. The minimum Gasteiger partial charge on any atom is -0.356 e. The molecule has 0 unspecified atom stereocenters. The van der Waals surface area contributed by atoms with E-state index in [4.69, 9.17) is 11.6 Å². The highest BCUT2D eigenvalue weighted by Gasteiger charge is 2.13. The molecule has 0 radical (unpaired) electrons. The number of nitrogens with one attached hydrogen (secondary N) is 2. The Morgan fingerprint density at radius 2 is 1.92 bits per heavy atom. The van der Waals surface area contributed by atoms with Gasteiger partial charge in [-0.25, -0.2) is 12.7 Å². The van der Waals surface area contributed by atoms with Crippen molar-refractivity contribution in [2.24, 2.45) is 4.99 Å². The van der Waals surface area contributed by atoms with Crippen LogP contribution in [0.2, 0.25) is 5.02 Å². The summed E-state index contributed by atoms with van der Waals surface area (Å²) in [6.45, 7) is 4.19. The Kier molecular flexibility index (Phi) is 9.10. The first-order valence-electron chi connectivity index (χ1n) is 8.01. The van der Waals surface area contributed by atoms with E-state index in [1.807, 2.05) is 31.2 Å². The van der Waals surface area contributed by atoms with E-state index in [2.05, 4.69) is 15.6 Å². The summed E-state index contributed by atoms with van der Waals surface area (Å²) in [5.74, 6) is 0.699. The Bertz CT molecular complexity index is 635. The van der Waals surface area contributed by atoms with Crippen LogP contribution in [-0.2, 0) is 16.4 Å². The van der Waals surface area contributed by atoms with Crippen LogP contribution in [0.25, 0.3) is 0 Å². The van der Waals surface area contributed by atoms with Gasteiger partial charge in [0.25, 0.3) is 0 Å². The summed E-state index contributed by atoms with van der Waals surface area (Å²) < 4.78 is 24.5. The maximum absolute atomic E-state index is 11.5. The van der Waals surface area contributed by atoms with Crippen LogP contribution in [0.3, 0.4) is 0 Å². The van der Waals surface area contributed by atoms with Gasteiger partial charge in [-0.3, -0.25) is 4.99 Å². The molecule has 0 aliphatic heterocycles. The van der Waals surface area contributed by atoms with Crippen molar-refractivity contribution in [3.8, 4) is 0 Å². The Balaban J connectivity index is 2.29. The smallest absolute Gasteiger partial charge is 0.211 e. The fourth-order valence-corrected chi connectivity index (χ4v) is 3.42. The van der Waals surface area contributed by atoms with Gasteiger partial charge in [-0.15, -0.1) is 0 Å². The third-order valence-electron chi connectivity index (χ3n) is 3.57. The molecule has 0 saturated carbocycles. The molecule has 0 heterocycles. The average molecular weight is 375 g/mol. The van der Waals surface area contributed by atoms with Gasteiger partial charge in [-0.05, 0) is 24.5 Å². The van der Waals surface area contributed by atoms with Crippen molar-refractivity contribution in [2.75, 3.05) is 39.5 Å². The molecule has 136 valence electrons. The Labute approximate surface area is 150 Å². The first-order valence-corrected chi connectivity index (χ1v) is 10.2. The lowest BCUT2D eigenvalue weighted by Gasteiger charge is -2.18. The zero-order chi connectivity index (χ0) is 18.0. The fraction of sp³-hybridized carbons (Fsp3) is 0.562. The lowest BCUT2D eigenvalue weighted by molar-refractivity contribution is 0.424. The van der Waals surface area contributed by atoms with E-state index < -0.39 is 10.0 Å². The third kappa shape index (κ3) is 7.51. The molecule has 0 atom stereocenters. The number of halogens is 1. The van der Waals surface area contributed by atoms with Crippen molar-refractivity contribution in [3.05, 3.63) is 34.9 Å². The van der Waals surface area contributed by atoms with Gasteiger partial charge < -0.3 is 10.6 Å². The van der Waals surface area contributed by atoms with E-state index >= 15 is 0 Å². The topological polar surface area (TPSA) is 73.8 Å². The molecule has 6 nitrogen and oxygen atoms in total. The summed E-state index contributed by atoms with van der Waals surface area (Å²) in [5.41, 5.74) is 1.09. The molecule has 0 spiro atoms. The molecule has 0 bridgehead atoms. The molecule has 24 heavy (non-hydrogen) atoms. The number of hydrogen-bond acceptors (Lipinski definition) is 3. The largest absolute Gasteiger partial charge is 0.356 e. The van der Waals surface area contributed by atoms with E-state index in [0.29, 0.717) is 38.6 Å². The SMILES string of the molecule is CCN(CCCNC(=NC)NCCc1ccccc1Cl)S(C)(=O)=O. The molecule has 0 fully saturated rings. The van der Waals surface area contributed by atoms with Crippen molar-refractivity contribution in [3.63, 3.8) is 0 Å². The number of aliphatic imine (C=N–C) groups is 1. The Morgan fingerprint density at radius 1 is 1.25 bits per heavy atom. The molecule has 0 aliphatic rings. The maximum atomic E-state index is 11.5. The van der Waals surface area contributed by atoms with Crippen LogP contribution in [0.15, 0.2) is 29.3 Å². The van der Waals surface area contributed by atoms with E-state index in [9.17, 15) is 8.42 Å². The molecule has 0 saturated heterocycles. The summed E-state index contributed by atoms with van der Waals surface area (Å²) in [6.07, 6.45) is 2.75. The van der Waals surface area contributed by atoms with Crippen LogP contribution >= 0.6 is 11.6 Å². The fourth-order valence-electron chi connectivity index (χ4n) is 2.26. The van der Waals surface area contributed by atoms with Crippen molar-refractivity contribution < 1.29 is 8.42 Å². The summed E-state index contributed by atoms with van der Waals surface area (Å²) in [7, 11) is -1.41. The molecule has 8 heteroatoms. The quantitative estimate of drug-likeness (QED) is 0.392. The van der Waals surface area contributed by atoms with Gasteiger partial charge in [0.05, 0.1) is 6.26 Å². The highest BCUT2D eigenvalue weighted by molar-refractivity contribution is 7.88. The zero-order valence-corrected chi connectivity index (χ0v) is 16.1. The number of guanidine groups is 1. The van der Waals surface area contributed by atoms with Crippen LogP contribution in [-0.4, -0.2) is 58.2 Å². The van der Waals surface area contributed by atoms with Crippen molar-refractivity contribution >= 4 is 27.6 Å².